The molecule has 0 saturated heterocycles. The third-order valence-corrected chi connectivity index (χ3v) is 7.15. The van der Waals surface area contributed by atoms with Crippen LogP contribution in [0.4, 0.5) is 0 Å². The number of benzene rings is 2. The van der Waals surface area contributed by atoms with E-state index in [1.54, 1.807) is 6.92 Å². The number of halogens is 1. The molecular weight excluding hydrogens is 450 g/mol. The van der Waals surface area contributed by atoms with Gasteiger partial charge in [-0.3, -0.25) is 9.59 Å². The van der Waals surface area contributed by atoms with Gasteiger partial charge >= 0.3 is 0 Å². The Bertz CT molecular complexity index is 1060. The fourth-order valence-corrected chi connectivity index (χ4v) is 4.36. The van der Waals surface area contributed by atoms with Crippen LogP contribution < -0.4 is 5.32 Å². The van der Waals surface area contributed by atoms with Crippen molar-refractivity contribution in [2.24, 2.45) is 0 Å². The molecule has 1 atom stereocenters. The van der Waals surface area contributed by atoms with E-state index in [4.69, 9.17) is 11.6 Å². The molecule has 7 nitrogen and oxygen atoms in total. The molecule has 0 unspecified atom stereocenters. The van der Waals surface area contributed by atoms with Gasteiger partial charge in [-0.25, -0.2) is 8.42 Å². The Labute approximate surface area is 195 Å². The maximum atomic E-state index is 13.3. The van der Waals surface area contributed by atoms with E-state index in [2.05, 4.69) is 5.32 Å². The molecule has 0 saturated carbocycles. The van der Waals surface area contributed by atoms with Crippen LogP contribution in [0, 0.1) is 6.92 Å². The molecular formula is C23H30ClN3O4S. The van der Waals surface area contributed by atoms with Crippen molar-refractivity contribution >= 4 is 33.4 Å². The summed E-state index contributed by atoms with van der Waals surface area (Å²) in [6.45, 7) is 7.02. The summed E-state index contributed by atoms with van der Waals surface area (Å²) < 4.78 is 26.8. The zero-order valence-corrected chi connectivity index (χ0v) is 20.6. The summed E-state index contributed by atoms with van der Waals surface area (Å²) in [7, 11) is -2.56. The van der Waals surface area contributed by atoms with Gasteiger partial charge in [0.25, 0.3) is 0 Å². The Balaban J connectivity index is 2.29. The average molecular weight is 480 g/mol. The summed E-state index contributed by atoms with van der Waals surface area (Å²) in [4.78, 5) is 27.4. The fraction of sp³-hybridized carbons (Fsp3) is 0.391. The first kappa shape index (κ1) is 25.8. The molecule has 0 spiro atoms. The maximum absolute atomic E-state index is 13.3. The number of hydrogen-bond acceptors (Lipinski definition) is 4. The number of carbonyl (C=O) groups excluding carboxylic acids is 2. The molecule has 0 aliphatic heterocycles. The molecule has 0 bridgehead atoms. The minimum Gasteiger partial charge on any atom is -0.352 e. The number of rotatable bonds is 9. The smallest absolute Gasteiger partial charge is 0.243 e. The molecule has 0 aromatic heterocycles. The predicted octanol–water partition coefficient (Wildman–Crippen LogP) is 3.21. The molecule has 2 amide bonds. The molecule has 2 aromatic rings. The number of hydrogen-bond donors (Lipinski definition) is 1. The number of amides is 2. The highest BCUT2D eigenvalue weighted by atomic mass is 35.5. The van der Waals surface area contributed by atoms with E-state index in [0.29, 0.717) is 5.02 Å². The molecule has 0 aliphatic rings. The molecule has 0 fully saturated rings. The van der Waals surface area contributed by atoms with Gasteiger partial charge in [0.2, 0.25) is 21.8 Å². The first-order chi connectivity index (χ1) is 14.9. The molecule has 32 heavy (non-hydrogen) atoms. The lowest BCUT2D eigenvalue weighted by Crippen LogP contribution is -2.51. The summed E-state index contributed by atoms with van der Waals surface area (Å²) in [5.74, 6) is -0.773. The molecule has 1 N–H and O–H groups in total. The molecule has 9 heteroatoms. The van der Waals surface area contributed by atoms with Crippen LogP contribution in [-0.4, -0.2) is 55.1 Å². The van der Waals surface area contributed by atoms with Gasteiger partial charge in [0.1, 0.15) is 6.04 Å². The Morgan fingerprint density at radius 1 is 1.03 bits per heavy atom. The average Bonchev–Trinajstić information content (AvgIpc) is 2.72. The topological polar surface area (TPSA) is 86.8 Å². The minimum atomic E-state index is -3.90. The van der Waals surface area contributed by atoms with Gasteiger partial charge in [-0.1, -0.05) is 35.9 Å². The molecule has 174 valence electrons. The second kappa shape index (κ2) is 10.9. The molecule has 2 aromatic carbocycles. The van der Waals surface area contributed by atoms with Crippen molar-refractivity contribution in [2.75, 3.05) is 13.6 Å². The highest BCUT2D eigenvalue weighted by Gasteiger charge is 2.30. The lowest BCUT2D eigenvalue weighted by molar-refractivity contribution is -0.140. The SMILES string of the molecule is Cc1ccccc1CN(C(=O)CN(C)S(=O)(=O)c1ccc(Cl)cc1)[C@H](C)C(=O)NC(C)C. The zero-order chi connectivity index (χ0) is 24.1. The first-order valence-electron chi connectivity index (χ1n) is 10.3. The number of sulfonamides is 1. The van der Waals surface area contributed by atoms with Gasteiger partial charge in [-0.2, -0.15) is 4.31 Å². The Morgan fingerprint density at radius 3 is 2.19 bits per heavy atom. The van der Waals surface area contributed by atoms with Crippen LogP contribution in [0.15, 0.2) is 53.4 Å². The standard InChI is InChI=1S/C23H30ClN3O4S/c1-16(2)25-23(29)18(4)27(14-19-9-7-6-8-17(19)3)22(28)15-26(5)32(30,31)21-12-10-20(24)11-13-21/h6-13,16,18H,14-15H2,1-5H3,(H,25,29)/t18-/m1/s1. The number of likely N-dealkylation sites (N-methyl/N-ethyl adjacent to an activating group) is 1. The fourth-order valence-electron chi connectivity index (χ4n) is 3.11. The Hall–Kier alpha value is -2.42. The summed E-state index contributed by atoms with van der Waals surface area (Å²) in [6, 6.07) is 12.4. The third kappa shape index (κ3) is 6.54. The van der Waals surface area contributed by atoms with Gasteiger partial charge < -0.3 is 10.2 Å². The van der Waals surface area contributed by atoms with Crippen molar-refractivity contribution in [2.45, 2.75) is 51.2 Å². The lowest BCUT2D eigenvalue weighted by Gasteiger charge is -2.31. The van der Waals surface area contributed by atoms with Crippen LogP contribution in [-0.2, 0) is 26.2 Å². The Morgan fingerprint density at radius 2 is 1.62 bits per heavy atom. The third-order valence-electron chi connectivity index (χ3n) is 5.08. The summed E-state index contributed by atoms with van der Waals surface area (Å²) in [5.41, 5.74) is 1.86. The highest BCUT2D eigenvalue weighted by molar-refractivity contribution is 7.89. The van der Waals surface area contributed by atoms with Crippen LogP contribution in [0.25, 0.3) is 0 Å². The maximum Gasteiger partial charge on any atom is 0.243 e. The molecule has 0 aliphatic carbocycles. The summed E-state index contributed by atoms with van der Waals surface area (Å²) in [6.07, 6.45) is 0. The van der Waals surface area contributed by atoms with E-state index in [1.165, 1.54) is 36.2 Å². The first-order valence-corrected chi connectivity index (χ1v) is 12.1. The Kier molecular flexibility index (Phi) is 8.83. The summed E-state index contributed by atoms with van der Waals surface area (Å²) >= 11 is 5.85. The van der Waals surface area contributed by atoms with Crippen LogP contribution >= 0.6 is 11.6 Å². The van der Waals surface area contributed by atoms with E-state index in [-0.39, 0.29) is 23.4 Å². The van der Waals surface area contributed by atoms with E-state index in [0.717, 1.165) is 15.4 Å². The summed E-state index contributed by atoms with van der Waals surface area (Å²) in [5, 5.41) is 3.23. The van der Waals surface area contributed by atoms with Crippen LogP contribution in [0.5, 0.6) is 0 Å². The largest absolute Gasteiger partial charge is 0.352 e. The normalized spacial score (nSPS) is 12.6. The minimum absolute atomic E-state index is 0.0354. The van der Waals surface area contributed by atoms with Gasteiger partial charge in [-0.15, -0.1) is 0 Å². The monoisotopic (exact) mass is 479 g/mol. The van der Waals surface area contributed by atoms with Crippen molar-refractivity contribution in [1.29, 1.82) is 0 Å². The second-order valence-corrected chi connectivity index (χ2v) is 10.5. The van der Waals surface area contributed by atoms with E-state index < -0.39 is 28.5 Å². The van der Waals surface area contributed by atoms with Crippen molar-refractivity contribution < 1.29 is 18.0 Å². The van der Waals surface area contributed by atoms with E-state index in [1.807, 2.05) is 45.0 Å². The van der Waals surface area contributed by atoms with Crippen molar-refractivity contribution in [3.8, 4) is 0 Å². The van der Waals surface area contributed by atoms with Gasteiger partial charge in [0, 0.05) is 24.7 Å². The number of nitrogens with zero attached hydrogens (tertiary/aromatic N) is 2. The van der Waals surface area contributed by atoms with Crippen LogP contribution in [0.1, 0.15) is 31.9 Å². The number of nitrogens with one attached hydrogen (secondary N) is 1. The van der Waals surface area contributed by atoms with E-state index in [9.17, 15) is 18.0 Å². The molecule has 2 rings (SSSR count). The van der Waals surface area contributed by atoms with E-state index >= 15 is 0 Å². The molecule has 0 heterocycles. The van der Waals surface area contributed by atoms with Gasteiger partial charge in [0.05, 0.1) is 11.4 Å². The van der Waals surface area contributed by atoms with Crippen LogP contribution in [0.2, 0.25) is 5.02 Å². The zero-order valence-electron chi connectivity index (χ0n) is 19.0. The van der Waals surface area contributed by atoms with Crippen molar-refractivity contribution in [3.63, 3.8) is 0 Å². The quantitative estimate of drug-likeness (QED) is 0.598. The van der Waals surface area contributed by atoms with Crippen molar-refractivity contribution in [3.05, 3.63) is 64.7 Å². The van der Waals surface area contributed by atoms with Gasteiger partial charge in [0.15, 0.2) is 0 Å². The van der Waals surface area contributed by atoms with Crippen LogP contribution in [0.3, 0.4) is 0 Å². The van der Waals surface area contributed by atoms with Crippen molar-refractivity contribution in [1.82, 2.24) is 14.5 Å². The second-order valence-electron chi connectivity index (χ2n) is 8.00. The highest BCUT2D eigenvalue weighted by Crippen LogP contribution is 2.19. The van der Waals surface area contributed by atoms with Gasteiger partial charge in [-0.05, 0) is 63.1 Å². The molecule has 0 radical (unpaired) electrons. The number of aryl methyl sites for hydroxylation is 1. The predicted molar refractivity (Wildman–Crippen MR) is 126 cm³/mol. The number of carbonyl (C=O) groups is 2. The lowest BCUT2D eigenvalue weighted by atomic mass is 10.1.